The van der Waals surface area contributed by atoms with E-state index in [9.17, 15) is 19.3 Å². The van der Waals surface area contributed by atoms with Crippen LogP contribution in [0.3, 0.4) is 0 Å². The number of hydrogen-bond donors (Lipinski definition) is 2. The minimum atomic E-state index is -1.51. The zero-order chi connectivity index (χ0) is 14.7. The SMILES string of the molecule is O=C(O)c1cc(NCc2ccon2)c(F)cc1[N+](=O)[O-]. The summed E-state index contributed by atoms with van der Waals surface area (Å²) in [4.78, 5) is 20.7. The largest absolute Gasteiger partial charge is 0.477 e. The van der Waals surface area contributed by atoms with Crippen molar-refractivity contribution in [2.24, 2.45) is 0 Å². The Morgan fingerprint density at radius 3 is 2.85 bits per heavy atom. The topological polar surface area (TPSA) is 118 Å². The van der Waals surface area contributed by atoms with Crippen molar-refractivity contribution in [1.82, 2.24) is 5.16 Å². The number of halogens is 1. The molecule has 8 nitrogen and oxygen atoms in total. The van der Waals surface area contributed by atoms with E-state index in [1.54, 1.807) is 0 Å². The van der Waals surface area contributed by atoms with E-state index in [4.69, 9.17) is 5.11 Å². The smallest absolute Gasteiger partial charge is 0.342 e. The van der Waals surface area contributed by atoms with Crippen molar-refractivity contribution in [3.8, 4) is 0 Å². The third-order valence-corrected chi connectivity index (χ3v) is 2.46. The van der Waals surface area contributed by atoms with Gasteiger partial charge in [-0.15, -0.1) is 0 Å². The summed E-state index contributed by atoms with van der Waals surface area (Å²) < 4.78 is 18.3. The average molecular weight is 281 g/mol. The number of nitrogens with one attached hydrogen (secondary N) is 1. The predicted molar refractivity (Wildman–Crippen MR) is 63.8 cm³/mol. The molecule has 0 amide bonds. The van der Waals surface area contributed by atoms with Crippen LogP contribution < -0.4 is 5.32 Å². The molecule has 0 bridgehead atoms. The molecule has 0 aliphatic heterocycles. The highest BCUT2D eigenvalue weighted by molar-refractivity contribution is 5.93. The molecule has 2 rings (SSSR count). The van der Waals surface area contributed by atoms with Crippen LogP contribution in [0.4, 0.5) is 15.8 Å². The van der Waals surface area contributed by atoms with E-state index in [2.05, 4.69) is 15.0 Å². The number of nitrogens with zero attached hydrogens (tertiary/aromatic N) is 2. The van der Waals surface area contributed by atoms with Crippen molar-refractivity contribution in [3.05, 3.63) is 51.7 Å². The van der Waals surface area contributed by atoms with Crippen molar-refractivity contribution in [1.29, 1.82) is 0 Å². The number of carbonyl (C=O) groups is 1. The van der Waals surface area contributed by atoms with Crippen molar-refractivity contribution in [2.75, 3.05) is 5.32 Å². The number of carboxylic acids is 1. The van der Waals surface area contributed by atoms with Crippen molar-refractivity contribution >= 4 is 17.3 Å². The van der Waals surface area contributed by atoms with E-state index in [0.29, 0.717) is 11.8 Å². The normalized spacial score (nSPS) is 10.2. The summed E-state index contributed by atoms with van der Waals surface area (Å²) in [7, 11) is 0. The van der Waals surface area contributed by atoms with Gasteiger partial charge < -0.3 is 14.9 Å². The molecule has 104 valence electrons. The van der Waals surface area contributed by atoms with Gasteiger partial charge in [-0.25, -0.2) is 9.18 Å². The quantitative estimate of drug-likeness (QED) is 0.635. The highest BCUT2D eigenvalue weighted by atomic mass is 19.1. The molecule has 9 heteroatoms. The molecule has 2 N–H and O–H groups in total. The lowest BCUT2D eigenvalue weighted by Gasteiger charge is -2.07. The Kier molecular flexibility index (Phi) is 3.60. The van der Waals surface area contributed by atoms with Gasteiger partial charge >= 0.3 is 5.97 Å². The Balaban J connectivity index is 2.31. The Labute approximate surface area is 111 Å². The number of aromatic nitrogens is 1. The van der Waals surface area contributed by atoms with Gasteiger partial charge in [-0.2, -0.15) is 0 Å². The van der Waals surface area contributed by atoms with Crippen molar-refractivity contribution < 1.29 is 23.7 Å². The number of rotatable bonds is 5. The van der Waals surface area contributed by atoms with Crippen LogP contribution >= 0.6 is 0 Å². The predicted octanol–water partition coefficient (Wildman–Crippen LogP) is 2.03. The summed E-state index contributed by atoms with van der Waals surface area (Å²) in [5, 5.41) is 25.7. The maximum absolute atomic E-state index is 13.7. The molecule has 0 fully saturated rings. The molecule has 1 heterocycles. The molecule has 0 atom stereocenters. The fourth-order valence-corrected chi connectivity index (χ4v) is 1.54. The molecule has 0 saturated carbocycles. The van der Waals surface area contributed by atoms with Gasteiger partial charge in [0.15, 0.2) is 5.82 Å². The molecule has 0 saturated heterocycles. The Hall–Kier alpha value is -2.97. The zero-order valence-corrected chi connectivity index (χ0v) is 9.87. The van der Waals surface area contributed by atoms with Crippen LogP contribution in [0, 0.1) is 15.9 Å². The van der Waals surface area contributed by atoms with Crippen LogP contribution in [-0.4, -0.2) is 21.2 Å². The van der Waals surface area contributed by atoms with Gasteiger partial charge in [0.2, 0.25) is 0 Å². The van der Waals surface area contributed by atoms with Crippen LogP contribution in [-0.2, 0) is 6.54 Å². The van der Waals surface area contributed by atoms with E-state index < -0.39 is 28.0 Å². The summed E-state index contributed by atoms with van der Waals surface area (Å²) in [6.07, 6.45) is 1.33. The van der Waals surface area contributed by atoms with Gasteiger partial charge in [-0.1, -0.05) is 5.16 Å². The first-order chi connectivity index (χ1) is 9.49. The standard InChI is InChI=1S/C11H8FN3O5/c12-8-4-10(15(18)19)7(11(16)17)3-9(8)13-5-6-1-2-20-14-6/h1-4,13H,5H2,(H,16,17). The van der Waals surface area contributed by atoms with Gasteiger partial charge in [0.05, 0.1) is 23.2 Å². The summed E-state index contributed by atoms with van der Waals surface area (Å²) in [5.41, 5.74) is -1.10. The number of nitro groups is 1. The summed E-state index contributed by atoms with van der Waals surface area (Å²) >= 11 is 0. The highest BCUT2D eigenvalue weighted by Crippen LogP contribution is 2.26. The number of aromatic carboxylic acids is 1. The molecule has 0 aliphatic rings. The fraction of sp³-hybridized carbons (Fsp3) is 0.0909. The van der Waals surface area contributed by atoms with Crippen molar-refractivity contribution in [3.63, 3.8) is 0 Å². The third-order valence-electron chi connectivity index (χ3n) is 2.46. The van der Waals surface area contributed by atoms with Gasteiger partial charge in [-0.05, 0) is 6.07 Å². The van der Waals surface area contributed by atoms with E-state index in [1.807, 2.05) is 0 Å². The van der Waals surface area contributed by atoms with Gasteiger partial charge in [0.25, 0.3) is 5.69 Å². The molecular formula is C11H8FN3O5. The number of benzene rings is 1. The summed E-state index contributed by atoms with van der Waals surface area (Å²) in [6.45, 7) is 0.0876. The minimum absolute atomic E-state index is 0.0876. The summed E-state index contributed by atoms with van der Waals surface area (Å²) in [5.74, 6) is -2.44. The molecule has 1 aromatic carbocycles. The van der Waals surface area contributed by atoms with Crippen LogP contribution in [0.25, 0.3) is 0 Å². The Morgan fingerprint density at radius 2 is 2.30 bits per heavy atom. The van der Waals surface area contributed by atoms with Crippen LogP contribution in [0.5, 0.6) is 0 Å². The lowest BCUT2D eigenvalue weighted by Crippen LogP contribution is -2.07. The maximum Gasteiger partial charge on any atom is 0.342 e. The summed E-state index contributed by atoms with van der Waals surface area (Å²) in [6, 6.07) is 2.97. The molecule has 0 unspecified atom stereocenters. The lowest BCUT2D eigenvalue weighted by molar-refractivity contribution is -0.385. The fourth-order valence-electron chi connectivity index (χ4n) is 1.54. The second-order valence-electron chi connectivity index (χ2n) is 3.76. The molecule has 1 aromatic heterocycles. The van der Waals surface area contributed by atoms with E-state index in [1.165, 1.54) is 12.3 Å². The Morgan fingerprint density at radius 1 is 1.55 bits per heavy atom. The van der Waals surface area contributed by atoms with Crippen molar-refractivity contribution in [2.45, 2.75) is 6.54 Å². The number of hydrogen-bond acceptors (Lipinski definition) is 6. The number of nitro benzene ring substituents is 1. The van der Waals surface area contributed by atoms with Crippen LogP contribution in [0.1, 0.15) is 16.1 Å². The maximum atomic E-state index is 13.7. The zero-order valence-electron chi connectivity index (χ0n) is 9.87. The van der Waals surface area contributed by atoms with Gasteiger partial charge in [0.1, 0.15) is 17.5 Å². The second-order valence-corrected chi connectivity index (χ2v) is 3.76. The van der Waals surface area contributed by atoms with E-state index in [-0.39, 0.29) is 12.2 Å². The Bertz CT molecular complexity index is 656. The highest BCUT2D eigenvalue weighted by Gasteiger charge is 2.23. The van der Waals surface area contributed by atoms with Crippen LogP contribution in [0.15, 0.2) is 29.0 Å². The number of anilines is 1. The molecule has 0 aliphatic carbocycles. The third kappa shape index (κ3) is 2.71. The molecule has 0 spiro atoms. The number of carboxylic acid groups (broad SMARTS) is 1. The molecule has 2 aromatic rings. The first-order valence-corrected chi connectivity index (χ1v) is 5.33. The first kappa shape index (κ1) is 13.5. The minimum Gasteiger partial charge on any atom is -0.477 e. The second kappa shape index (κ2) is 5.34. The molecule has 0 radical (unpaired) electrons. The van der Waals surface area contributed by atoms with Crippen LogP contribution in [0.2, 0.25) is 0 Å². The molecule has 20 heavy (non-hydrogen) atoms. The average Bonchev–Trinajstić information content (AvgIpc) is 2.89. The molecular weight excluding hydrogens is 273 g/mol. The van der Waals surface area contributed by atoms with Gasteiger partial charge in [0, 0.05) is 6.07 Å². The monoisotopic (exact) mass is 281 g/mol. The first-order valence-electron chi connectivity index (χ1n) is 5.33. The van der Waals surface area contributed by atoms with E-state index >= 15 is 0 Å². The van der Waals surface area contributed by atoms with Gasteiger partial charge in [-0.3, -0.25) is 10.1 Å². The lowest BCUT2D eigenvalue weighted by atomic mass is 10.1. The van der Waals surface area contributed by atoms with E-state index in [0.717, 1.165) is 6.07 Å².